The summed E-state index contributed by atoms with van der Waals surface area (Å²) in [5, 5.41) is 0. The van der Waals surface area contributed by atoms with E-state index in [2.05, 4.69) is 22.3 Å². The Hall–Kier alpha value is -1.00. The van der Waals surface area contributed by atoms with E-state index in [1.165, 1.54) is 25.6 Å². The Balaban J connectivity index is 2.46. The van der Waals surface area contributed by atoms with Crippen molar-refractivity contribution in [1.82, 2.24) is 15.4 Å². The SMILES string of the molecule is CCCCCC(NN)c1cncnc1. The quantitative estimate of drug-likeness (QED) is 0.410. The first-order valence-electron chi connectivity index (χ1n) is 5.09. The van der Waals surface area contributed by atoms with Crippen LogP contribution in [0, 0.1) is 0 Å². The highest BCUT2D eigenvalue weighted by Gasteiger charge is 2.08. The molecule has 0 aliphatic heterocycles. The minimum Gasteiger partial charge on any atom is -0.271 e. The summed E-state index contributed by atoms with van der Waals surface area (Å²) in [6, 6.07) is 0.183. The zero-order valence-corrected chi connectivity index (χ0v) is 8.61. The molecule has 1 heterocycles. The van der Waals surface area contributed by atoms with Crippen LogP contribution >= 0.6 is 0 Å². The number of nitrogens with one attached hydrogen (secondary N) is 1. The molecule has 0 amide bonds. The van der Waals surface area contributed by atoms with Crippen LogP contribution < -0.4 is 11.3 Å². The molecule has 14 heavy (non-hydrogen) atoms. The molecule has 0 aliphatic rings. The van der Waals surface area contributed by atoms with Crippen molar-refractivity contribution in [2.24, 2.45) is 5.84 Å². The Morgan fingerprint density at radius 3 is 2.64 bits per heavy atom. The van der Waals surface area contributed by atoms with Crippen molar-refractivity contribution >= 4 is 0 Å². The van der Waals surface area contributed by atoms with E-state index in [4.69, 9.17) is 5.84 Å². The van der Waals surface area contributed by atoms with Gasteiger partial charge in [-0.2, -0.15) is 0 Å². The molecule has 1 atom stereocenters. The summed E-state index contributed by atoms with van der Waals surface area (Å²) in [5.41, 5.74) is 3.86. The topological polar surface area (TPSA) is 63.8 Å². The van der Waals surface area contributed by atoms with E-state index in [0.29, 0.717) is 0 Å². The van der Waals surface area contributed by atoms with Gasteiger partial charge >= 0.3 is 0 Å². The lowest BCUT2D eigenvalue weighted by Gasteiger charge is -2.14. The van der Waals surface area contributed by atoms with Crippen molar-refractivity contribution in [3.8, 4) is 0 Å². The predicted molar refractivity (Wildman–Crippen MR) is 56.2 cm³/mol. The van der Waals surface area contributed by atoms with Crippen molar-refractivity contribution < 1.29 is 0 Å². The Kier molecular flexibility index (Phi) is 5.11. The molecule has 0 spiro atoms. The Bertz CT molecular complexity index is 237. The van der Waals surface area contributed by atoms with Gasteiger partial charge in [0, 0.05) is 24.0 Å². The van der Waals surface area contributed by atoms with Gasteiger partial charge in [0.2, 0.25) is 0 Å². The number of nitrogens with two attached hydrogens (primary N) is 1. The second-order valence-corrected chi connectivity index (χ2v) is 3.39. The lowest BCUT2D eigenvalue weighted by molar-refractivity contribution is 0.484. The summed E-state index contributed by atoms with van der Waals surface area (Å²) in [6.45, 7) is 2.19. The van der Waals surface area contributed by atoms with Gasteiger partial charge in [0.1, 0.15) is 6.33 Å². The van der Waals surface area contributed by atoms with Gasteiger partial charge in [0.05, 0.1) is 0 Å². The van der Waals surface area contributed by atoms with Crippen LogP contribution in [0.15, 0.2) is 18.7 Å². The number of hydrogen-bond acceptors (Lipinski definition) is 4. The number of nitrogens with zero attached hydrogens (tertiary/aromatic N) is 2. The van der Waals surface area contributed by atoms with E-state index in [1.54, 1.807) is 0 Å². The lowest BCUT2D eigenvalue weighted by atomic mass is 10.0. The average Bonchev–Trinajstić information content (AvgIpc) is 2.26. The summed E-state index contributed by atoms with van der Waals surface area (Å²) in [5.74, 6) is 5.48. The number of unbranched alkanes of at least 4 members (excludes halogenated alkanes) is 2. The van der Waals surface area contributed by atoms with Gasteiger partial charge in [-0.15, -0.1) is 0 Å². The van der Waals surface area contributed by atoms with Gasteiger partial charge in [-0.1, -0.05) is 26.2 Å². The molecule has 0 aliphatic carbocycles. The maximum absolute atomic E-state index is 5.48. The third kappa shape index (κ3) is 3.40. The van der Waals surface area contributed by atoms with Crippen molar-refractivity contribution in [3.63, 3.8) is 0 Å². The van der Waals surface area contributed by atoms with Crippen molar-refractivity contribution in [1.29, 1.82) is 0 Å². The first-order chi connectivity index (χ1) is 6.88. The van der Waals surface area contributed by atoms with Gasteiger partial charge in [-0.05, 0) is 6.42 Å². The van der Waals surface area contributed by atoms with E-state index in [9.17, 15) is 0 Å². The zero-order chi connectivity index (χ0) is 10.2. The molecular weight excluding hydrogens is 176 g/mol. The molecule has 0 bridgehead atoms. The minimum absolute atomic E-state index is 0.183. The van der Waals surface area contributed by atoms with Crippen LogP contribution in [-0.4, -0.2) is 9.97 Å². The maximum Gasteiger partial charge on any atom is 0.115 e. The van der Waals surface area contributed by atoms with Crippen LogP contribution in [0.25, 0.3) is 0 Å². The van der Waals surface area contributed by atoms with Crippen molar-refractivity contribution in [3.05, 3.63) is 24.3 Å². The fourth-order valence-corrected chi connectivity index (χ4v) is 1.44. The third-order valence-corrected chi connectivity index (χ3v) is 2.28. The smallest absolute Gasteiger partial charge is 0.115 e. The van der Waals surface area contributed by atoms with E-state index in [0.717, 1.165) is 12.0 Å². The van der Waals surface area contributed by atoms with Gasteiger partial charge in [-0.25, -0.2) is 9.97 Å². The zero-order valence-electron chi connectivity index (χ0n) is 8.61. The molecule has 78 valence electrons. The summed E-state index contributed by atoms with van der Waals surface area (Å²) in [7, 11) is 0. The first kappa shape index (κ1) is 11.1. The first-order valence-corrected chi connectivity index (χ1v) is 5.09. The normalized spacial score (nSPS) is 12.7. The molecule has 4 nitrogen and oxygen atoms in total. The van der Waals surface area contributed by atoms with E-state index in [-0.39, 0.29) is 6.04 Å². The molecule has 1 rings (SSSR count). The van der Waals surface area contributed by atoms with Crippen LogP contribution in [0.3, 0.4) is 0 Å². The number of aromatic nitrogens is 2. The molecule has 0 saturated heterocycles. The van der Waals surface area contributed by atoms with Crippen molar-refractivity contribution in [2.75, 3.05) is 0 Å². The van der Waals surface area contributed by atoms with Crippen LogP contribution in [0.1, 0.15) is 44.2 Å². The molecule has 0 saturated carbocycles. The lowest BCUT2D eigenvalue weighted by Crippen LogP contribution is -2.28. The number of rotatable bonds is 6. The molecule has 0 aromatic carbocycles. The van der Waals surface area contributed by atoms with Gasteiger partial charge in [0.15, 0.2) is 0 Å². The maximum atomic E-state index is 5.48. The molecule has 0 radical (unpaired) electrons. The highest BCUT2D eigenvalue weighted by Crippen LogP contribution is 2.16. The van der Waals surface area contributed by atoms with Crippen molar-refractivity contribution in [2.45, 2.75) is 38.6 Å². The highest BCUT2D eigenvalue weighted by molar-refractivity contribution is 5.08. The standard InChI is InChI=1S/C10H18N4/c1-2-3-4-5-10(14-11)9-6-12-8-13-7-9/h6-8,10,14H,2-5,11H2,1H3. The summed E-state index contributed by atoms with van der Waals surface area (Å²) in [4.78, 5) is 7.95. The molecule has 1 aromatic heterocycles. The van der Waals surface area contributed by atoms with E-state index < -0.39 is 0 Å². The fraction of sp³-hybridized carbons (Fsp3) is 0.600. The monoisotopic (exact) mass is 194 g/mol. The van der Waals surface area contributed by atoms with E-state index in [1.807, 2.05) is 12.4 Å². The van der Waals surface area contributed by atoms with Crippen LogP contribution in [-0.2, 0) is 0 Å². The molecule has 3 N–H and O–H groups in total. The largest absolute Gasteiger partial charge is 0.271 e. The Labute approximate surface area is 84.9 Å². The van der Waals surface area contributed by atoms with Gasteiger partial charge < -0.3 is 0 Å². The molecular formula is C10H18N4. The van der Waals surface area contributed by atoms with Crippen LogP contribution in [0.4, 0.5) is 0 Å². The van der Waals surface area contributed by atoms with Gasteiger partial charge in [0.25, 0.3) is 0 Å². The minimum atomic E-state index is 0.183. The Morgan fingerprint density at radius 2 is 2.07 bits per heavy atom. The van der Waals surface area contributed by atoms with Crippen LogP contribution in [0.5, 0.6) is 0 Å². The van der Waals surface area contributed by atoms with Gasteiger partial charge in [-0.3, -0.25) is 11.3 Å². The summed E-state index contributed by atoms with van der Waals surface area (Å²) >= 11 is 0. The average molecular weight is 194 g/mol. The molecule has 1 unspecified atom stereocenters. The summed E-state index contributed by atoms with van der Waals surface area (Å²) < 4.78 is 0. The summed E-state index contributed by atoms with van der Waals surface area (Å²) in [6.07, 6.45) is 9.84. The van der Waals surface area contributed by atoms with E-state index >= 15 is 0 Å². The molecule has 1 aromatic rings. The third-order valence-electron chi connectivity index (χ3n) is 2.28. The highest BCUT2D eigenvalue weighted by atomic mass is 15.2. The second kappa shape index (κ2) is 6.45. The predicted octanol–water partition coefficient (Wildman–Crippen LogP) is 1.56. The molecule has 4 heteroatoms. The number of hydrogen-bond donors (Lipinski definition) is 2. The Morgan fingerprint density at radius 1 is 1.36 bits per heavy atom. The second-order valence-electron chi connectivity index (χ2n) is 3.39. The number of hydrazine groups is 1. The fourth-order valence-electron chi connectivity index (χ4n) is 1.44. The van der Waals surface area contributed by atoms with Crippen LogP contribution in [0.2, 0.25) is 0 Å². The molecule has 0 fully saturated rings.